The van der Waals surface area contributed by atoms with Crippen molar-refractivity contribution in [3.8, 4) is 10.4 Å². The van der Waals surface area contributed by atoms with Crippen LogP contribution in [0.2, 0.25) is 0 Å². The molecule has 0 spiro atoms. The summed E-state index contributed by atoms with van der Waals surface area (Å²) in [5, 5.41) is 2.80. The molecule has 1 amide bonds. The lowest BCUT2D eigenvalue weighted by Gasteiger charge is -2.08. The van der Waals surface area contributed by atoms with E-state index >= 15 is 0 Å². The second-order valence-corrected chi connectivity index (χ2v) is 6.53. The maximum absolute atomic E-state index is 12.6. The number of carbonyl (C=O) groups excluding carboxylic acids is 2. The summed E-state index contributed by atoms with van der Waals surface area (Å²) >= 11 is 1.43. The second kappa shape index (κ2) is 7.32. The minimum absolute atomic E-state index is 0.244. The maximum atomic E-state index is 12.6. The highest BCUT2D eigenvalue weighted by Gasteiger charge is 2.17. The average Bonchev–Trinajstić information content (AvgIpc) is 3.04. The highest BCUT2D eigenvalue weighted by molar-refractivity contribution is 7.17. The lowest BCUT2D eigenvalue weighted by Crippen LogP contribution is -2.14. The van der Waals surface area contributed by atoms with Gasteiger partial charge in [0.25, 0.3) is 5.91 Å². The van der Waals surface area contributed by atoms with Crippen molar-refractivity contribution in [1.82, 2.24) is 0 Å². The van der Waals surface area contributed by atoms with Crippen LogP contribution in [0.25, 0.3) is 10.4 Å². The Hall–Kier alpha value is -2.92. The van der Waals surface area contributed by atoms with Gasteiger partial charge in [-0.1, -0.05) is 42.5 Å². The molecule has 0 aliphatic heterocycles. The molecule has 0 fully saturated rings. The van der Waals surface area contributed by atoms with Gasteiger partial charge < -0.3 is 10.1 Å². The van der Waals surface area contributed by atoms with E-state index < -0.39 is 5.97 Å². The number of amides is 1. The van der Waals surface area contributed by atoms with Crippen molar-refractivity contribution in [2.24, 2.45) is 0 Å². The molecule has 0 bridgehead atoms. The van der Waals surface area contributed by atoms with Crippen LogP contribution in [0.3, 0.4) is 0 Å². The molecule has 0 radical (unpaired) electrons. The van der Waals surface area contributed by atoms with Gasteiger partial charge in [0.05, 0.1) is 23.2 Å². The molecule has 3 aromatic rings. The van der Waals surface area contributed by atoms with Crippen LogP contribution in [-0.2, 0) is 4.74 Å². The maximum Gasteiger partial charge on any atom is 0.339 e. The van der Waals surface area contributed by atoms with Crippen molar-refractivity contribution < 1.29 is 14.3 Å². The molecular weight excluding hydrogens is 334 g/mol. The summed E-state index contributed by atoms with van der Waals surface area (Å²) in [5.74, 6) is -0.727. The summed E-state index contributed by atoms with van der Waals surface area (Å²) in [4.78, 5) is 26.1. The van der Waals surface area contributed by atoms with E-state index in [2.05, 4.69) is 5.32 Å². The molecule has 0 aliphatic carbocycles. The van der Waals surface area contributed by atoms with E-state index in [0.29, 0.717) is 16.1 Å². The Morgan fingerprint density at radius 1 is 1.00 bits per heavy atom. The third-order valence-corrected chi connectivity index (χ3v) is 5.04. The Morgan fingerprint density at radius 2 is 1.68 bits per heavy atom. The Balaban J connectivity index is 1.87. The highest BCUT2D eigenvalue weighted by Crippen LogP contribution is 2.32. The quantitative estimate of drug-likeness (QED) is 0.689. The number of anilines is 1. The van der Waals surface area contributed by atoms with E-state index in [1.165, 1.54) is 18.4 Å². The SMILES string of the molecule is COC(=O)c1ccccc1NC(=O)c1cc(C)c(-c2ccccc2)s1. The van der Waals surface area contributed by atoms with E-state index in [1.807, 2.05) is 43.3 Å². The minimum Gasteiger partial charge on any atom is -0.465 e. The van der Waals surface area contributed by atoms with Crippen molar-refractivity contribution >= 4 is 28.9 Å². The van der Waals surface area contributed by atoms with Gasteiger partial charge in [0.1, 0.15) is 0 Å². The topological polar surface area (TPSA) is 55.4 Å². The highest BCUT2D eigenvalue weighted by atomic mass is 32.1. The van der Waals surface area contributed by atoms with Crippen LogP contribution in [0.1, 0.15) is 25.6 Å². The fraction of sp³-hybridized carbons (Fsp3) is 0.100. The number of ether oxygens (including phenoxy) is 1. The van der Waals surface area contributed by atoms with Crippen molar-refractivity contribution in [2.75, 3.05) is 12.4 Å². The van der Waals surface area contributed by atoms with Crippen LogP contribution in [-0.4, -0.2) is 19.0 Å². The predicted octanol–water partition coefficient (Wildman–Crippen LogP) is 4.76. The molecule has 5 heteroatoms. The molecule has 1 N–H and O–H groups in total. The number of benzene rings is 2. The number of methoxy groups -OCH3 is 1. The number of aryl methyl sites for hydroxylation is 1. The van der Waals surface area contributed by atoms with Gasteiger partial charge in [0.2, 0.25) is 0 Å². The summed E-state index contributed by atoms with van der Waals surface area (Å²) in [7, 11) is 1.32. The molecule has 126 valence electrons. The van der Waals surface area contributed by atoms with Crippen LogP contribution in [0, 0.1) is 6.92 Å². The second-order valence-electron chi connectivity index (χ2n) is 5.48. The van der Waals surface area contributed by atoms with E-state index in [4.69, 9.17) is 4.74 Å². The van der Waals surface area contributed by atoms with Gasteiger partial charge in [-0.25, -0.2) is 4.79 Å². The summed E-state index contributed by atoms with van der Waals surface area (Å²) in [6, 6.07) is 18.6. The first-order valence-electron chi connectivity index (χ1n) is 7.74. The first-order chi connectivity index (χ1) is 12.1. The third kappa shape index (κ3) is 3.61. The van der Waals surface area contributed by atoms with Crippen LogP contribution >= 0.6 is 11.3 Å². The lowest BCUT2D eigenvalue weighted by atomic mass is 10.1. The largest absolute Gasteiger partial charge is 0.465 e. The molecule has 0 saturated carbocycles. The zero-order valence-corrected chi connectivity index (χ0v) is 14.7. The minimum atomic E-state index is -0.483. The monoisotopic (exact) mass is 351 g/mol. The van der Waals surface area contributed by atoms with Gasteiger partial charge in [-0.3, -0.25) is 4.79 Å². The van der Waals surface area contributed by atoms with Crippen molar-refractivity contribution in [3.05, 3.63) is 76.7 Å². The standard InChI is InChI=1S/C20H17NO3S/c1-13-12-17(25-18(13)14-8-4-3-5-9-14)19(22)21-16-11-7-6-10-15(16)20(23)24-2/h3-12H,1-2H3,(H,21,22). The van der Waals surface area contributed by atoms with Gasteiger partial charge in [-0.05, 0) is 36.2 Å². The molecular formula is C20H17NO3S. The van der Waals surface area contributed by atoms with E-state index in [0.717, 1.165) is 16.0 Å². The third-order valence-electron chi connectivity index (χ3n) is 3.76. The van der Waals surface area contributed by atoms with E-state index in [9.17, 15) is 9.59 Å². The molecule has 0 unspecified atom stereocenters. The lowest BCUT2D eigenvalue weighted by molar-refractivity contribution is 0.0602. The van der Waals surface area contributed by atoms with E-state index in [1.54, 1.807) is 24.3 Å². The Labute approximate surface area is 150 Å². The zero-order chi connectivity index (χ0) is 17.8. The fourth-order valence-corrected chi connectivity index (χ4v) is 3.61. The average molecular weight is 351 g/mol. The van der Waals surface area contributed by atoms with Crippen molar-refractivity contribution in [1.29, 1.82) is 0 Å². The summed E-state index contributed by atoms with van der Waals surface area (Å²) in [5.41, 5.74) is 2.89. The molecule has 25 heavy (non-hydrogen) atoms. The number of esters is 1. The van der Waals surface area contributed by atoms with Gasteiger partial charge >= 0.3 is 5.97 Å². The number of para-hydroxylation sites is 1. The van der Waals surface area contributed by atoms with Gasteiger partial charge in [-0.2, -0.15) is 0 Å². The summed E-state index contributed by atoms with van der Waals surface area (Å²) < 4.78 is 4.76. The molecule has 4 nitrogen and oxygen atoms in total. The molecule has 0 aliphatic rings. The summed E-state index contributed by atoms with van der Waals surface area (Å²) in [6.45, 7) is 1.98. The van der Waals surface area contributed by atoms with Crippen LogP contribution < -0.4 is 5.32 Å². The van der Waals surface area contributed by atoms with Gasteiger partial charge in [0.15, 0.2) is 0 Å². The zero-order valence-electron chi connectivity index (χ0n) is 13.9. The molecule has 1 heterocycles. The number of rotatable bonds is 4. The van der Waals surface area contributed by atoms with Crippen LogP contribution in [0.5, 0.6) is 0 Å². The van der Waals surface area contributed by atoms with Crippen LogP contribution in [0.15, 0.2) is 60.7 Å². The Morgan fingerprint density at radius 3 is 2.40 bits per heavy atom. The molecule has 0 atom stereocenters. The molecule has 2 aromatic carbocycles. The molecule has 1 aromatic heterocycles. The summed E-state index contributed by atoms with van der Waals surface area (Å²) in [6.07, 6.45) is 0. The number of thiophene rings is 1. The normalized spacial score (nSPS) is 10.3. The molecule has 0 saturated heterocycles. The van der Waals surface area contributed by atoms with Crippen LogP contribution in [0.4, 0.5) is 5.69 Å². The number of hydrogen-bond acceptors (Lipinski definition) is 4. The number of carbonyl (C=O) groups is 2. The van der Waals surface area contributed by atoms with Gasteiger partial charge in [-0.15, -0.1) is 11.3 Å². The Bertz CT molecular complexity index is 916. The fourth-order valence-electron chi connectivity index (χ4n) is 2.53. The van der Waals surface area contributed by atoms with Crippen molar-refractivity contribution in [2.45, 2.75) is 6.92 Å². The first-order valence-corrected chi connectivity index (χ1v) is 8.56. The predicted molar refractivity (Wildman–Crippen MR) is 100 cm³/mol. The van der Waals surface area contributed by atoms with Gasteiger partial charge in [0, 0.05) is 4.88 Å². The van der Waals surface area contributed by atoms with Crippen molar-refractivity contribution in [3.63, 3.8) is 0 Å². The smallest absolute Gasteiger partial charge is 0.339 e. The number of hydrogen-bond donors (Lipinski definition) is 1. The molecule has 3 rings (SSSR count). The van der Waals surface area contributed by atoms with E-state index in [-0.39, 0.29) is 5.91 Å². The Kier molecular flexibility index (Phi) is 4.95. The number of nitrogens with one attached hydrogen (secondary N) is 1. The first kappa shape index (κ1) is 16.9.